The second-order valence-corrected chi connectivity index (χ2v) is 4.04. The SMILES string of the molecule is COc1ccc(N=Nc2c(C(F)(F)F)[nH][nH]c2=O)cc1OC. The number of methoxy groups -OCH3 is 2. The van der Waals surface area contributed by atoms with Gasteiger partial charge in [0.15, 0.2) is 22.9 Å². The Kier molecular flexibility index (Phi) is 4.20. The summed E-state index contributed by atoms with van der Waals surface area (Å²) in [5, 5.41) is 10.5. The van der Waals surface area contributed by atoms with Crippen LogP contribution in [0.1, 0.15) is 5.69 Å². The van der Waals surface area contributed by atoms with Crippen LogP contribution in [0.5, 0.6) is 11.5 Å². The molecule has 0 atom stereocenters. The first-order valence-corrected chi connectivity index (χ1v) is 5.88. The van der Waals surface area contributed by atoms with E-state index in [-0.39, 0.29) is 5.69 Å². The van der Waals surface area contributed by atoms with Crippen LogP contribution in [0.4, 0.5) is 24.5 Å². The van der Waals surface area contributed by atoms with Gasteiger partial charge in [-0.1, -0.05) is 0 Å². The molecule has 0 aliphatic heterocycles. The molecule has 0 bridgehead atoms. The number of ether oxygens (including phenoxy) is 2. The van der Waals surface area contributed by atoms with Gasteiger partial charge in [-0.2, -0.15) is 18.3 Å². The summed E-state index contributed by atoms with van der Waals surface area (Å²) >= 11 is 0. The Morgan fingerprint density at radius 2 is 1.73 bits per heavy atom. The predicted octanol–water partition coefficient (Wildman–Crippen LogP) is 3.15. The topological polar surface area (TPSA) is 91.8 Å². The van der Waals surface area contributed by atoms with Gasteiger partial charge in [-0.15, -0.1) is 5.11 Å². The highest BCUT2D eigenvalue weighted by Crippen LogP contribution is 2.34. The smallest absolute Gasteiger partial charge is 0.435 e. The third kappa shape index (κ3) is 3.10. The number of aromatic amines is 2. The van der Waals surface area contributed by atoms with Crippen LogP contribution < -0.4 is 15.0 Å². The Morgan fingerprint density at radius 3 is 2.32 bits per heavy atom. The van der Waals surface area contributed by atoms with Crippen LogP contribution in [0.15, 0.2) is 33.2 Å². The fourth-order valence-electron chi connectivity index (χ4n) is 1.65. The van der Waals surface area contributed by atoms with Crippen molar-refractivity contribution in [2.75, 3.05) is 14.2 Å². The van der Waals surface area contributed by atoms with Gasteiger partial charge < -0.3 is 9.47 Å². The van der Waals surface area contributed by atoms with Gasteiger partial charge in [0.05, 0.1) is 19.9 Å². The highest BCUT2D eigenvalue weighted by atomic mass is 19.4. The lowest BCUT2D eigenvalue weighted by Gasteiger charge is -2.07. The minimum atomic E-state index is -4.74. The Bertz CT molecular complexity index is 749. The van der Waals surface area contributed by atoms with E-state index in [9.17, 15) is 18.0 Å². The largest absolute Gasteiger partial charge is 0.493 e. The summed E-state index contributed by atoms with van der Waals surface area (Å²) in [6, 6.07) is 4.38. The highest BCUT2D eigenvalue weighted by Gasteiger charge is 2.37. The third-order valence-electron chi connectivity index (χ3n) is 2.67. The third-order valence-corrected chi connectivity index (χ3v) is 2.67. The van der Waals surface area contributed by atoms with Crippen LogP contribution in [0, 0.1) is 0 Å². The number of hydrogen-bond acceptors (Lipinski definition) is 5. The van der Waals surface area contributed by atoms with Gasteiger partial charge in [-0.05, 0) is 12.1 Å². The molecule has 2 aromatic rings. The highest BCUT2D eigenvalue weighted by molar-refractivity contribution is 5.52. The standard InChI is InChI=1S/C12H11F3N4O3/c1-21-7-4-3-6(5-8(7)22-2)16-17-9-10(12(13,14)15)18-19-11(9)20/h3-5H,1-2H3,(H2,18,19,20). The van der Waals surface area contributed by atoms with Crippen molar-refractivity contribution < 1.29 is 22.6 Å². The average molecular weight is 316 g/mol. The van der Waals surface area contributed by atoms with Crippen molar-refractivity contribution in [3.05, 3.63) is 34.2 Å². The Morgan fingerprint density at radius 1 is 1.05 bits per heavy atom. The molecule has 1 heterocycles. The molecule has 10 heteroatoms. The van der Waals surface area contributed by atoms with Gasteiger partial charge in [0.25, 0.3) is 5.56 Å². The predicted molar refractivity (Wildman–Crippen MR) is 70.1 cm³/mol. The van der Waals surface area contributed by atoms with E-state index < -0.39 is 23.1 Å². The lowest BCUT2D eigenvalue weighted by Crippen LogP contribution is -2.06. The number of azo groups is 1. The van der Waals surface area contributed by atoms with Crippen LogP contribution in [-0.2, 0) is 6.18 Å². The van der Waals surface area contributed by atoms with Gasteiger partial charge in [0, 0.05) is 6.07 Å². The molecule has 0 fully saturated rings. The van der Waals surface area contributed by atoms with Crippen molar-refractivity contribution in [2.24, 2.45) is 10.2 Å². The van der Waals surface area contributed by atoms with Crippen LogP contribution in [0.2, 0.25) is 0 Å². The fourth-order valence-corrected chi connectivity index (χ4v) is 1.65. The maximum atomic E-state index is 12.7. The normalized spacial score (nSPS) is 11.9. The molecule has 0 radical (unpaired) electrons. The Balaban J connectivity index is 2.38. The lowest BCUT2D eigenvalue weighted by atomic mass is 10.3. The number of nitrogens with zero attached hydrogens (tertiary/aromatic N) is 2. The van der Waals surface area contributed by atoms with E-state index in [2.05, 4.69) is 10.2 Å². The summed E-state index contributed by atoms with van der Waals surface area (Å²) in [6.07, 6.45) is -4.74. The molecule has 0 aliphatic carbocycles. The summed E-state index contributed by atoms with van der Waals surface area (Å²) in [6.45, 7) is 0. The van der Waals surface area contributed by atoms with E-state index in [4.69, 9.17) is 9.47 Å². The Hall–Kier alpha value is -2.78. The van der Waals surface area contributed by atoms with E-state index >= 15 is 0 Å². The van der Waals surface area contributed by atoms with E-state index in [0.717, 1.165) is 0 Å². The van der Waals surface area contributed by atoms with E-state index in [1.165, 1.54) is 32.4 Å². The van der Waals surface area contributed by atoms with Crippen molar-refractivity contribution in [1.82, 2.24) is 10.2 Å². The number of nitrogens with one attached hydrogen (secondary N) is 2. The van der Waals surface area contributed by atoms with E-state index in [1.54, 1.807) is 5.10 Å². The summed E-state index contributed by atoms with van der Waals surface area (Å²) in [7, 11) is 2.84. The van der Waals surface area contributed by atoms with Gasteiger partial charge in [-0.25, -0.2) is 0 Å². The second-order valence-electron chi connectivity index (χ2n) is 4.04. The maximum absolute atomic E-state index is 12.7. The Labute approximate surface area is 121 Å². The minimum absolute atomic E-state index is 0.200. The molecule has 1 aromatic carbocycles. The zero-order valence-electron chi connectivity index (χ0n) is 11.5. The molecule has 1 aromatic heterocycles. The molecule has 2 rings (SSSR count). The molecule has 118 valence electrons. The quantitative estimate of drug-likeness (QED) is 0.849. The van der Waals surface area contributed by atoms with Gasteiger partial charge in [0.2, 0.25) is 0 Å². The first kappa shape index (κ1) is 15.6. The van der Waals surface area contributed by atoms with Crippen molar-refractivity contribution >= 4 is 11.4 Å². The first-order chi connectivity index (χ1) is 10.4. The van der Waals surface area contributed by atoms with Crippen LogP contribution in [-0.4, -0.2) is 24.4 Å². The summed E-state index contributed by atoms with van der Waals surface area (Å²) in [5.74, 6) is 0.759. The van der Waals surface area contributed by atoms with Crippen LogP contribution in [0.25, 0.3) is 0 Å². The number of alkyl halides is 3. The molecule has 0 saturated carbocycles. The fraction of sp³-hybridized carbons (Fsp3) is 0.250. The number of aromatic nitrogens is 2. The maximum Gasteiger partial charge on any atom is 0.435 e. The number of halogens is 3. The first-order valence-electron chi connectivity index (χ1n) is 5.88. The lowest BCUT2D eigenvalue weighted by molar-refractivity contribution is -0.140. The van der Waals surface area contributed by atoms with Crippen molar-refractivity contribution in [3.63, 3.8) is 0 Å². The number of benzene rings is 1. The van der Waals surface area contributed by atoms with Gasteiger partial charge in [0.1, 0.15) is 0 Å². The number of hydrogen-bond donors (Lipinski definition) is 2. The second kappa shape index (κ2) is 5.92. The number of rotatable bonds is 4. The molecule has 22 heavy (non-hydrogen) atoms. The van der Waals surface area contributed by atoms with Crippen molar-refractivity contribution in [3.8, 4) is 11.5 Å². The molecule has 0 unspecified atom stereocenters. The number of H-pyrrole nitrogens is 2. The zero-order chi connectivity index (χ0) is 16.3. The molecule has 0 aliphatic rings. The molecule has 7 nitrogen and oxygen atoms in total. The molecule has 2 N–H and O–H groups in total. The summed E-state index contributed by atoms with van der Waals surface area (Å²) < 4.78 is 48.1. The van der Waals surface area contributed by atoms with Crippen molar-refractivity contribution in [1.29, 1.82) is 0 Å². The van der Waals surface area contributed by atoms with Gasteiger partial charge >= 0.3 is 6.18 Å². The zero-order valence-corrected chi connectivity index (χ0v) is 11.5. The molecular formula is C12H11F3N4O3. The summed E-state index contributed by atoms with van der Waals surface area (Å²) in [5.41, 5.74) is -2.95. The molecule has 0 saturated heterocycles. The monoisotopic (exact) mass is 316 g/mol. The minimum Gasteiger partial charge on any atom is -0.493 e. The molecule has 0 spiro atoms. The van der Waals surface area contributed by atoms with Crippen LogP contribution in [0.3, 0.4) is 0 Å². The van der Waals surface area contributed by atoms with Crippen LogP contribution >= 0.6 is 0 Å². The molecule has 0 amide bonds. The molecular weight excluding hydrogens is 305 g/mol. The van der Waals surface area contributed by atoms with Crippen molar-refractivity contribution in [2.45, 2.75) is 6.18 Å². The van der Waals surface area contributed by atoms with Gasteiger partial charge in [-0.3, -0.25) is 15.0 Å². The van der Waals surface area contributed by atoms with E-state index in [0.29, 0.717) is 11.5 Å². The van der Waals surface area contributed by atoms with E-state index in [1.807, 2.05) is 5.10 Å². The summed E-state index contributed by atoms with van der Waals surface area (Å²) in [4.78, 5) is 11.3. The average Bonchev–Trinajstić information content (AvgIpc) is 2.85.